The number of hydrogen-bond donors (Lipinski definition) is 0. The number of halogens is 1. The molecule has 19 heavy (non-hydrogen) atoms. The van der Waals surface area contributed by atoms with Crippen LogP contribution in [0.1, 0.15) is 12.8 Å². The van der Waals surface area contributed by atoms with Crippen molar-refractivity contribution >= 4 is 5.97 Å². The second kappa shape index (κ2) is 6.52. The van der Waals surface area contributed by atoms with Gasteiger partial charge in [-0.25, -0.2) is 9.18 Å². The highest BCUT2D eigenvalue weighted by atomic mass is 19.1. The third kappa shape index (κ3) is 4.52. The molecular formula is C14H18FNO3. The van der Waals surface area contributed by atoms with E-state index < -0.39 is 0 Å². The Kier molecular flexibility index (Phi) is 4.74. The number of nitrogens with zero attached hydrogens (tertiary/aromatic N) is 1. The van der Waals surface area contributed by atoms with Gasteiger partial charge >= 0.3 is 5.97 Å². The number of benzene rings is 1. The zero-order chi connectivity index (χ0) is 13.7. The van der Waals surface area contributed by atoms with Crippen LogP contribution in [0.2, 0.25) is 0 Å². The van der Waals surface area contributed by atoms with Crippen molar-refractivity contribution in [2.45, 2.75) is 18.9 Å². The Bertz CT molecular complexity index is 421. The standard InChI is InChI=1S/C14H18FNO3/c1-16-8-2-3-13(9-16)19-14(17)10-18-12-6-4-11(15)5-7-12/h4-7,13H,2-3,8-10H2,1H3/t13-/m0/s1. The molecule has 4 nitrogen and oxygen atoms in total. The molecule has 1 saturated heterocycles. The molecule has 0 N–H and O–H groups in total. The lowest BCUT2D eigenvalue weighted by atomic mass is 10.1. The Balaban J connectivity index is 1.73. The van der Waals surface area contributed by atoms with Gasteiger partial charge < -0.3 is 14.4 Å². The molecule has 1 aliphatic rings. The molecule has 5 heteroatoms. The minimum Gasteiger partial charge on any atom is -0.482 e. The van der Waals surface area contributed by atoms with E-state index in [1.54, 1.807) is 0 Å². The summed E-state index contributed by atoms with van der Waals surface area (Å²) in [4.78, 5) is 13.8. The smallest absolute Gasteiger partial charge is 0.344 e. The maximum atomic E-state index is 12.7. The summed E-state index contributed by atoms with van der Waals surface area (Å²) in [5.41, 5.74) is 0. The van der Waals surface area contributed by atoms with Gasteiger partial charge in [-0.2, -0.15) is 0 Å². The molecule has 0 aromatic heterocycles. The highest BCUT2D eigenvalue weighted by molar-refractivity contribution is 5.71. The minimum absolute atomic E-state index is 0.0527. The molecule has 1 heterocycles. The van der Waals surface area contributed by atoms with Crippen LogP contribution in [0, 0.1) is 5.82 Å². The van der Waals surface area contributed by atoms with E-state index in [0.29, 0.717) is 5.75 Å². The molecule has 1 fully saturated rings. The Hall–Kier alpha value is -1.62. The molecule has 104 valence electrons. The Labute approximate surface area is 112 Å². The summed E-state index contributed by atoms with van der Waals surface area (Å²) in [6.07, 6.45) is 1.88. The molecule has 0 spiro atoms. The van der Waals surface area contributed by atoms with Gasteiger partial charge in [0.2, 0.25) is 0 Å². The summed E-state index contributed by atoms with van der Waals surface area (Å²) in [7, 11) is 2.01. The van der Waals surface area contributed by atoms with E-state index in [0.717, 1.165) is 25.9 Å². The molecule has 0 bridgehead atoms. The van der Waals surface area contributed by atoms with Crippen LogP contribution in [-0.2, 0) is 9.53 Å². The van der Waals surface area contributed by atoms with Gasteiger partial charge in [0.15, 0.2) is 6.61 Å². The largest absolute Gasteiger partial charge is 0.482 e. The molecular weight excluding hydrogens is 249 g/mol. The molecule has 1 atom stereocenters. The van der Waals surface area contributed by atoms with Crippen molar-refractivity contribution in [2.24, 2.45) is 0 Å². The van der Waals surface area contributed by atoms with E-state index in [4.69, 9.17) is 9.47 Å². The van der Waals surface area contributed by atoms with Gasteiger partial charge in [0.1, 0.15) is 17.7 Å². The molecule has 1 aromatic carbocycles. The van der Waals surface area contributed by atoms with Crippen LogP contribution in [0.3, 0.4) is 0 Å². The number of carbonyl (C=O) groups excluding carboxylic acids is 1. The van der Waals surface area contributed by atoms with Crippen LogP contribution in [0.5, 0.6) is 5.75 Å². The van der Waals surface area contributed by atoms with Gasteiger partial charge in [-0.3, -0.25) is 0 Å². The summed E-state index contributed by atoms with van der Waals surface area (Å²) in [5, 5.41) is 0. The molecule has 0 aliphatic carbocycles. The molecule has 2 rings (SSSR count). The van der Waals surface area contributed by atoms with Crippen LogP contribution in [0.25, 0.3) is 0 Å². The zero-order valence-electron chi connectivity index (χ0n) is 11.0. The normalized spacial score (nSPS) is 20.0. The maximum absolute atomic E-state index is 12.7. The number of carbonyl (C=O) groups is 1. The number of hydrogen-bond acceptors (Lipinski definition) is 4. The number of likely N-dealkylation sites (N-methyl/N-ethyl adjacent to an activating group) is 1. The van der Waals surface area contributed by atoms with Crippen molar-refractivity contribution in [3.8, 4) is 5.75 Å². The van der Waals surface area contributed by atoms with Crippen molar-refractivity contribution in [3.05, 3.63) is 30.1 Å². The van der Waals surface area contributed by atoms with Crippen molar-refractivity contribution in [1.29, 1.82) is 0 Å². The van der Waals surface area contributed by atoms with E-state index in [1.807, 2.05) is 7.05 Å². The van der Waals surface area contributed by atoms with E-state index in [2.05, 4.69) is 4.90 Å². The van der Waals surface area contributed by atoms with Gasteiger partial charge in [0.05, 0.1) is 0 Å². The maximum Gasteiger partial charge on any atom is 0.344 e. The fourth-order valence-electron chi connectivity index (χ4n) is 2.11. The number of piperidine rings is 1. The predicted octanol–water partition coefficient (Wildman–Crippen LogP) is 1.84. The summed E-state index contributed by atoms with van der Waals surface area (Å²) >= 11 is 0. The third-order valence-corrected chi connectivity index (χ3v) is 3.05. The second-order valence-electron chi connectivity index (χ2n) is 4.76. The quantitative estimate of drug-likeness (QED) is 0.780. The number of esters is 1. The lowest BCUT2D eigenvalue weighted by Gasteiger charge is -2.29. The first-order valence-corrected chi connectivity index (χ1v) is 6.40. The van der Waals surface area contributed by atoms with Crippen molar-refractivity contribution in [2.75, 3.05) is 26.7 Å². The van der Waals surface area contributed by atoms with Gasteiger partial charge in [-0.05, 0) is 50.7 Å². The first-order valence-electron chi connectivity index (χ1n) is 6.40. The first-order chi connectivity index (χ1) is 9.13. The van der Waals surface area contributed by atoms with E-state index >= 15 is 0 Å². The number of rotatable bonds is 4. The molecule has 0 unspecified atom stereocenters. The van der Waals surface area contributed by atoms with Gasteiger partial charge in [-0.1, -0.05) is 0 Å². The summed E-state index contributed by atoms with van der Waals surface area (Å²) in [6.45, 7) is 1.66. The minimum atomic E-state index is -0.385. The fraction of sp³-hybridized carbons (Fsp3) is 0.500. The highest BCUT2D eigenvalue weighted by Crippen LogP contribution is 2.13. The Morgan fingerprint density at radius 2 is 2.16 bits per heavy atom. The summed E-state index contributed by atoms with van der Waals surface area (Å²) in [6, 6.07) is 5.54. The van der Waals surface area contributed by atoms with Gasteiger partial charge in [0, 0.05) is 6.54 Å². The SMILES string of the molecule is CN1CCC[C@H](OC(=O)COc2ccc(F)cc2)C1. The van der Waals surface area contributed by atoms with Crippen molar-refractivity contribution in [1.82, 2.24) is 4.90 Å². The topological polar surface area (TPSA) is 38.8 Å². The van der Waals surface area contributed by atoms with E-state index in [9.17, 15) is 9.18 Å². The average Bonchev–Trinajstić information content (AvgIpc) is 2.38. The monoisotopic (exact) mass is 267 g/mol. The Morgan fingerprint density at radius 3 is 2.84 bits per heavy atom. The van der Waals surface area contributed by atoms with Crippen molar-refractivity contribution < 1.29 is 18.7 Å². The fourth-order valence-corrected chi connectivity index (χ4v) is 2.11. The molecule has 0 saturated carbocycles. The predicted molar refractivity (Wildman–Crippen MR) is 68.5 cm³/mol. The van der Waals surface area contributed by atoms with E-state index in [-0.39, 0.29) is 24.5 Å². The van der Waals surface area contributed by atoms with E-state index in [1.165, 1.54) is 24.3 Å². The van der Waals surface area contributed by atoms with Gasteiger partial charge in [-0.15, -0.1) is 0 Å². The van der Waals surface area contributed by atoms with Crippen LogP contribution < -0.4 is 4.74 Å². The lowest BCUT2D eigenvalue weighted by molar-refractivity contribution is -0.153. The molecule has 0 radical (unpaired) electrons. The van der Waals surface area contributed by atoms with Crippen LogP contribution in [0.4, 0.5) is 4.39 Å². The lowest BCUT2D eigenvalue weighted by Crippen LogP contribution is -2.38. The highest BCUT2D eigenvalue weighted by Gasteiger charge is 2.20. The van der Waals surface area contributed by atoms with Crippen LogP contribution in [-0.4, -0.2) is 43.7 Å². The number of likely N-dealkylation sites (tertiary alicyclic amines) is 1. The second-order valence-corrected chi connectivity index (χ2v) is 4.76. The van der Waals surface area contributed by atoms with Gasteiger partial charge in [0.25, 0.3) is 0 Å². The first kappa shape index (κ1) is 13.8. The summed E-state index contributed by atoms with van der Waals surface area (Å²) in [5.74, 6) is -0.260. The summed E-state index contributed by atoms with van der Waals surface area (Å²) < 4.78 is 23.2. The number of ether oxygens (including phenoxy) is 2. The van der Waals surface area contributed by atoms with Crippen LogP contribution >= 0.6 is 0 Å². The molecule has 1 aliphatic heterocycles. The third-order valence-electron chi connectivity index (χ3n) is 3.05. The average molecular weight is 267 g/mol. The Morgan fingerprint density at radius 1 is 1.42 bits per heavy atom. The van der Waals surface area contributed by atoms with Crippen LogP contribution in [0.15, 0.2) is 24.3 Å². The zero-order valence-corrected chi connectivity index (χ0v) is 11.0. The molecule has 0 amide bonds. The molecule has 1 aromatic rings. The van der Waals surface area contributed by atoms with Crippen molar-refractivity contribution in [3.63, 3.8) is 0 Å².